The molecule has 5 nitrogen and oxygen atoms in total. The molecule has 0 unspecified atom stereocenters. The van der Waals surface area contributed by atoms with Crippen LogP contribution in [0.4, 0.5) is 5.69 Å². The van der Waals surface area contributed by atoms with E-state index in [0.29, 0.717) is 10.7 Å². The highest BCUT2D eigenvalue weighted by Crippen LogP contribution is 2.26. The first-order valence-electron chi connectivity index (χ1n) is 5.27. The van der Waals surface area contributed by atoms with Crippen molar-refractivity contribution in [2.75, 3.05) is 11.9 Å². The highest BCUT2D eigenvalue weighted by molar-refractivity contribution is 6.33. The Morgan fingerprint density at radius 2 is 1.94 bits per heavy atom. The van der Waals surface area contributed by atoms with Crippen molar-refractivity contribution in [2.45, 2.75) is 24.5 Å². The minimum absolute atomic E-state index is 0.348. The van der Waals surface area contributed by atoms with Crippen molar-refractivity contribution in [3.63, 3.8) is 0 Å². The number of benzene rings is 1. The van der Waals surface area contributed by atoms with E-state index in [2.05, 4.69) is 5.32 Å². The average molecular weight is 260 g/mol. The van der Waals surface area contributed by atoms with E-state index in [0.717, 1.165) is 0 Å². The van der Waals surface area contributed by atoms with Crippen LogP contribution in [0.15, 0.2) is 24.3 Å². The van der Waals surface area contributed by atoms with Gasteiger partial charge in [-0.25, -0.2) is 0 Å². The van der Waals surface area contributed by atoms with Gasteiger partial charge in [0.15, 0.2) is 6.23 Å². The summed E-state index contributed by atoms with van der Waals surface area (Å²) in [6, 6.07) is 7.00. The summed E-state index contributed by atoms with van der Waals surface area (Å²) in [5.41, 5.74) is 0.601. The summed E-state index contributed by atoms with van der Waals surface area (Å²) in [5.74, 6) is 0. The SMILES string of the molecule is OC[C@H]1O[C@@H](Nc2ccccc2Cl)[C@H](O)[C@@H]1O. The molecule has 1 fully saturated rings. The van der Waals surface area contributed by atoms with Crippen LogP contribution in [0.3, 0.4) is 0 Å². The summed E-state index contributed by atoms with van der Waals surface area (Å²) in [4.78, 5) is 0. The molecule has 4 N–H and O–H groups in total. The molecular weight excluding hydrogens is 246 g/mol. The first-order valence-corrected chi connectivity index (χ1v) is 5.65. The maximum Gasteiger partial charge on any atom is 0.157 e. The van der Waals surface area contributed by atoms with Crippen molar-refractivity contribution in [3.05, 3.63) is 29.3 Å². The summed E-state index contributed by atoms with van der Waals surface area (Å²) in [5, 5.41) is 31.6. The number of hydrogen-bond donors (Lipinski definition) is 4. The Hall–Kier alpha value is -0.850. The first kappa shape index (κ1) is 12.6. The van der Waals surface area contributed by atoms with Gasteiger partial charge in [-0.05, 0) is 12.1 Å². The smallest absolute Gasteiger partial charge is 0.157 e. The molecule has 2 rings (SSSR count). The number of aliphatic hydroxyl groups is 3. The third kappa shape index (κ3) is 2.53. The molecule has 4 atom stereocenters. The number of ether oxygens (including phenoxy) is 1. The maximum absolute atomic E-state index is 9.72. The molecule has 1 saturated heterocycles. The Morgan fingerprint density at radius 1 is 1.24 bits per heavy atom. The van der Waals surface area contributed by atoms with E-state index >= 15 is 0 Å². The van der Waals surface area contributed by atoms with E-state index in [9.17, 15) is 10.2 Å². The van der Waals surface area contributed by atoms with Gasteiger partial charge in [0.25, 0.3) is 0 Å². The molecule has 1 aliphatic rings. The summed E-state index contributed by atoms with van der Waals surface area (Å²) in [7, 11) is 0. The molecule has 0 aromatic heterocycles. The summed E-state index contributed by atoms with van der Waals surface area (Å²) < 4.78 is 5.27. The van der Waals surface area contributed by atoms with Gasteiger partial charge in [0.2, 0.25) is 0 Å². The van der Waals surface area contributed by atoms with Crippen LogP contribution in [0.1, 0.15) is 0 Å². The quantitative estimate of drug-likeness (QED) is 0.623. The van der Waals surface area contributed by atoms with Crippen LogP contribution in [0.25, 0.3) is 0 Å². The third-order valence-corrected chi connectivity index (χ3v) is 3.04. The van der Waals surface area contributed by atoms with Crippen LogP contribution < -0.4 is 5.32 Å². The largest absolute Gasteiger partial charge is 0.394 e. The molecule has 17 heavy (non-hydrogen) atoms. The molecule has 1 aliphatic heterocycles. The minimum atomic E-state index is -1.11. The Bertz CT molecular complexity index is 389. The Labute approximate surface area is 104 Å². The van der Waals surface area contributed by atoms with Gasteiger partial charge >= 0.3 is 0 Å². The fourth-order valence-corrected chi connectivity index (χ4v) is 1.94. The van der Waals surface area contributed by atoms with Crippen molar-refractivity contribution < 1.29 is 20.1 Å². The van der Waals surface area contributed by atoms with E-state index < -0.39 is 24.5 Å². The van der Waals surface area contributed by atoms with Crippen LogP contribution in [0.5, 0.6) is 0 Å². The Kier molecular flexibility index (Phi) is 3.86. The lowest BCUT2D eigenvalue weighted by molar-refractivity contribution is -0.0153. The number of para-hydroxylation sites is 1. The number of halogens is 1. The van der Waals surface area contributed by atoms with Gasteiger partial charge < -0.3 is 25.4 Å². The topological polar surface area (TPSA) is 82.0 Å². The molecular formula is C11H14ClNO4. The van der Waals surface area contributed by atoms with Gasteiger partial charge in [0, 0.05) is 0 Å². The van der Waals surface area contributed by atoms with Gasteiger partial charge in [-0.1, -0.05) is 23.7 Å². The van der Waals surface area contributed by atoms with E-state index in [1.54, 1.807) is 24.3 Å². The van der Waals surface area contributed by atoms with Gasteiger partial charge in [-0.2, -0.15) is 0 Å². The molecule has 0 saturated carbocycles. The maximum atomic E-state index is 9.72. The standard InChI is InChI=1S/C11H14ClNO4/c12-6-3-1-2-4-7(6)13-11-10(16)9(15)8(5-14)17-11/h1-4,8-11,13-16H,5H2/t8-,9-,10-,11-/m1/s1. The van der Waals surface area contributed by atoms with Gasteiger partial charge in [0.1, 0.15) is 18.3 Å². The van der Waals surface area contributed by atoms with Crippen molar-refractivity contribution in [1.82, 2.24) is 0 Å². The molecule has 0 spiro atoms. The highest BCUT2D eigenvalue weighted by Gasteiger charge is 2.42. The molecule has 0 aliphatic carbocycles. The number of hydrogen-bond acceptors (Lipinski definition) is 5. The molecule has 1 heterocycles. The third-order valence-electron chi connectivity index (χ3n) is 2.71. The predicted molar refractivity (Wildman–Crippen MR) is 62.8 cm³/mol. The summed E-state index contributed by atoms with van der Waals surface area (Å²) in [6.45, 7) is -0.348. The fraction of sp³-hybridized carbons (Fsp3) is 0.455. The fourth-order valence-electron chi connectivity index (χ4n) is 1.75. The lowest BCUT2D eigenvalue weighted by Crippen LogP contribution is -2.36. The second-order valence-corrected chi connectivity index (χ2v) is 4.29. The monoisotopic (exact) mass is 259 g/mol. The predicted octanol–water partition coefficient (Wildman–Crippen LogP) is 0.191. The molecule has 0 radical (unpaired) electrons. The van der Waals surface area contributed by atoms with Crippen molar-refractivity contribution in [3.8, 4) is 0 Å². The lowest BCUT2D eigenvalue weighted by Gasteiger charge is -2.18. The van der Waals surface area contributed by atoms with Gasteiger partial charge in [0.05, 0.1) is 17.3 Å². The zero-order valence-corrected chi connectivity index (χ0v) is 9.71. The van der Waals surface area contributed by atoms with Crippen molar-refractivity contribution in [2.24, 2.45) is 0 Å². The van der Waals surface area contributed by atoms with E-state index in [1.807, 2.05) is 0 Å². The zero-order valence-electron chi connectivity index (χ0n) is 8.95. The zero-order chi connectivity index (χ0) is 12.4. The lowest BCUT2D eigenvalue weighted by atomic mass is 10.1. The van der Waals surface area contributed by atoms with Crippen molar-refractivity contribution >= 4 is 17.3 Å². The van der Waals surface area contributed by atoms with Crippen LogP contribution >= 0.6 is 11.6 Å². The van der Waals surface area contributed by atoms with Gasteiger partial charge in [-0.15, -0.1) is 0 Å². The molecule has 0 amide bonds. The van der Waals surface area contributed by atoms with Crippen LogP contribution in [0, 0.1) is 0 Å². The molecule has 1 aromatic rings. The summed E-state index contributed by atoms with van der Waals surface area (Å²) in [6.07, 6.45) is -3.80. The normalized spacial score (nSPS) is 32.7. The number of nitrogens with one attached hydrogen (secondary N) is 1. The Morgan fingerprint density at radius 3 is 2.53 bits per heavy atom. The Balaban J connectivity index is 2.08. The molecule has 94 valence electrons. The molecule has 1 aromatic carbocycles. The van der Waals surface area contributed by atoms with Crippen LogP contribution in [-0.2, 0) is 4.74 Å². The number of aliphatic hydroxyl groups excluding tert-OH is 3. The number of rotatable bonds is 3. The van der Waals surface area contributed by atoms with Crippen LogP contribution in [-0.4, -0.2) is 46.5 Å². The number of anilines is 1. The van der Waals surface area contributed by atoms with Crippen molar-refractivity contribution in [1.29, 1.82) is 0 Å². The highest BCUT2D eigenvalue weighted by atomic mass is 35.5. The average Bonchev–Trinajstić information content (AvgIpc) is 2.60. The summed E-state index contributed by atoms with van der Waals surface area (Å²) >= 11 is 5.95. The van der Waals surface area contributed by atoms with E-state index in [1.165, 1.54) is 0 Å². The van der Waals surface area contributed by atoms with Gasteiger partial charge in [-0.3, -0.25) is 0 Å². The second kappa shape index (κ2) is 5.20. The molecule has 0 bridgehead atoms. The van der Waals surface area contributed by atoms with E-state index in [-0.39, 0.29) is 6.61 Å². The second-order valence-electron chi connectivity index (χ2n) is 3.88. The molecule has 6 heteroatoms. The minimum Gasteiger partial charge on any atom is -0.394 e. The van der Waals surface area contributed by atoms with Crippen LogP contribution in [0.2, 0.25) is 5.02 Å². The first-order chi connectivity index (χ1) is 8.13. The van der Waals surface area contributed by atoms with E-state index in [4.69, 9.17) is 21.4 Å².